The van der Waals surface area contributed by atoms with E-state index in [2.05, 4.69) is 10.3 Å². The second kappa shape index (κ2) is 6.00. The normalized spacial score (nSPS) is 21.9. The zero-order valence-electron chi connectivity index (χ0n) is 11.7. The van der Waals surface area contributed by atoms with Crippen LogP contribution in [0.15, 0.2) is 18.3 Å². The minimum Gasteiger partial charge on any atom is -0.396 e. The molecule has 1 aliphatic heterocycles. The fourth-order valence-corrected chi connectivity index (χ4v) is 2.48. The molecule has 1 aromatic rings. The molecule has 1 aromatic heterocycles. The third-order valence-electron chi connectivity index (χ3n) is 3.70. The van der Waals surface area contributed by atoms with Gasteiger partial charge in [0.1, 0.15) is 0 Å². The molecular formula is C14H19N3O3. The summed E-state index contributed by atoms with van der Waals surface area (Å²) in [5.41, 5.74) is 1.35. The highest BCUT2D eigenvalue weighted by molar-refractivity contribution is 5.94. The van der Waals surface area contributed by atoms with E-state index in [1.807, 2.05) is 6.92 Å². The van der Waals surface area contributed by atoms with E-state index in [0.29, 0.717) is 18.7 Å². The number of aromatic nitrogens is 1. The number of hydrogen-bond donors (Lipinski definition) is 2. The highest BCUT2D eigenvalue weighted by atomic mass is 16.3. The van der Waals surface area contributed by atoms with Crippen LogP contribution < -0.4 is 5.32 Å². The van der Waals surface area contributed by atoms with Gasteiger partial charge in [0.05, 0.1) is 11.5 Å². The lowest BCUT2D eigenvalue weighted by molar-refractivity contribution is -0.125. The Morgan fingerprint density at radius 3 is 2.75 bits per heavy atom. The second-order valence-electron chi connectivity index (χ2n) is 5.06. The van der Waals surface area contributed by atoms with Crippen molar-refractivity contribution < 1.29 is 14.7 Å². The Hall–Kier alpha value is -1.95. The molecule has 0 saturated carbocycles. The first kappa shape index (κ1) is 14.5. The Labute approximate surface area is 117 Å². The predicted octanol–water partition coefficient (Wildman–Crippen LogP) is -0.183. The van der Waals surface area contributed by atoms with Gasteiger partial charge < -0.3 is 15.3 Å². The molecule has 108 valence electrons. The summed E-state index contributed by atoms with van der Waals surface area (Å²) in [4.78, 5) is 29.8. The standard InChI is InChI=1S/C14H19N3O3/c1-9-3-4-10(5-16-9)14(20)17-6-11(8-18)12(7-17)13(19)15-2/h3-5,11-12,18H,6-8H2,1-2H3,(H,15,19)/t11-,12+/m0/s1. The van der Waals surface area contributed by atoms with Crippen molar-refractivity contribution in [3.8, 4) is 0 Å². The summed E-state index contributed by atoms with van der Waals surface area (Å²) < 4.78 is 0. The number of pyridine rings is 1. The first-order valence-electron chi connectivity index (χ1n) is 6.61. The third kappa shape index (κ3) is 2.80. The molecule has 6 heteroatoms. The Bertz CT molecular complexity index is 501. The molecule has 0 aliphatic carbocycles. The molecule has 2 heterocycles. The van der Waals surface area contributed by atoms with Gasteiger partial charge in [-0.15, -0.1) is 0 Å². The largest absolute Gasteiger partial charge is 0.396 e. The van der Waals surface area contributed by atoms with Gasteiger partial charge in [0.15, 0.2) is 0 Å². The SMILES string of the molecule is CNC(=O)[C@@H]1CN(C(=O)c2ccc(C)nc2)C[C@H]1CO. The molecule has 0 aromatic carbocycles. The van der Waals surface area contributed by atoms with E-state index in [1.165, 1.54) is 0 Å². The van der Waals surface area contributed by atoms with Gasteiger partial charge in [-0.2, -0.15) is 0 Å². The van der Waals surface area contributed by atoms with Crippen LogP contribution in [0.2, 0.25) is 0 Å². The minimum atomic E-state index is -0.354. The second-order valence-corrected chi connectivity index (χ2v) is 5.06. The molecule has 1 saturated heterocycles. The maximum atomic E-state index is 12.3. The number of aryl methyl sites for hydroxylation is 1. The van der Waals surface area contributed by atoms with Crippen molar-refractivity contribution in [1.82, 2.24) is 15.2 Å². The molecule has 6 nitrogen and oxygen atoms in total. The van der Waals surface area contributed by atoms with Crippen molar-refractivity contribution >= 4 is 11.8 Å². The van der Waals surface area contributed by atoms with Crippen LogP contribution in [-0.4, -0.2) is 53.5 Å². The van der Waals surface area contributed by atoms with E-state index in [1.54, 1.807) is 30.3 Å². The zero-order chi connectivity index (χ0) is 14.7. The van der Waals surface area contributed by atoms with Gasteiger partial charge >= 0.3 is 0 Å². The number of nitrogens with zero attached hydrogens (tertiary/aromatic N) is 2. The van der Waals surface area contributed by atoms with Crippen LogP contribution in [0.1, 0.15) is 16.1 Å². The molecule has 0 unspecified atom stereocenters. The number of hydrogen-bond acceptors (Lipinski definition) is 4. The van der Waals surface area contributed by atoms with Crippen molar-refractivity contribution in [2.24, 2.45) is 11.8 Å². The maximum Gasteiger partial charge on any atom is 0.255 e. The summed E-state index contributed by atoms with van der Waals surface area (Å²) in [5.74, 6) is -0.853. The van der Waals surface area contributed by atoms with Gasteiger partial charge in [0.25, 0.3) is 5.91 Å². The number of carbonyl (C=O) groups is 2. The van der Waals surface area contributed by atoms with E-state index < -0.39 is 0 Å². The van der Waals surface area contributed by atoms with Crippen molar-refractivity contribution in [2.75, 3.05) is 26.7 Å². The van der Waals surface area contributed by atoms with Gasteiger partial charge in [-0.25, -0.2) is 0 Å². The van der Waals surface area contributed by atoms with E-state index in [0.717, 1.165) is 5.69 Å². The molecule has 2 rings (SSSR count). The van der Waals surface area contributed by atoms with Crippen molar-refractivity contribution in [2.45, 2.75) is 6.92 Å². The summed E-state index contributed by atoms with van der Waals surface area (Å²) in [5, 5.41) is 11.9. The lowest BCUT2D eigenvalue weighted by Gasteiger charge is -2.16. The Balaban J connectivity index is 2.12. The summed E-state index contributed by atoms with van der Waals surface area (Å²) in [6.07, 6.45) is 1.54. The molecule has 0 bridgehead atoms. The monoisotopic (exact) mass is 277 g/mol. The fraction of sp³-hybridized carbons (Fsp3) is 0.500. The number of carbonyl (C=O) groups excluding carboxylic acids is 2. The van der Waals surface area contributed by atoms with Crippen LogP contribution >= 0.6 is 0 Å². The Morgan fingerprint density at radius 2 is 2.20 bits per heavy atom. The molecular weight excluding hydrogens is 258 g/mol. The Kier molecular flexibility index (Phi) is 4.34. The number of nitrogens with one attached hydrogen (secondary N) is 1. The van der Waals surface area contributed by atoms with Crippen molar-refractivity contribution in [3.63, 3.8) is 0 Å². The molecule has 1 fully saturated rings. The molecule has 2 atom stereocenters. The molecule has 0 spiro atoms. The summed E-state index contributed by atoms with van der Waals surface area (Å²) >= 11 is 0. The molecule has 0 radical (unpaired) electrons. The average Bonchev–Trinajstić information content (AvgIpc) is 2.90. The number of amides is 2. The Morgan fingerprint density at radius 1 is 1.45 bits per heavy atom. The third-order valence-corrected chi connectivity index (χ3v) is 3.70. The van der Waals surface area contributed by atoms with Crippen LogP contribution in [0.4, 0.5) is 0 Å². The van der Waals surface area contributed by atoms with Crippen LogP contribution in [0.25, 0.3) is 0 Å². The lowest BCUT2D eigenvalue weighted by atomic mass is 9.96. The quantitative estimate of drug-likeness (QED) is 0.802. The predicted molar refractivity (Wildman–Crippen MR) is 73.0 cm³/mol. The lowest BCUT2D eigenvalue weighted by Crippen LogP contribution is -2.34. The van der Waals surface area contributed by atoms with Crippen molar-refractivity contribution in [3.05, 3.63) is 29.6 Å². The molecule has 2 amide bonds. The number of aliphatic hydroxyl groups excluding tert-OH is 1. The van der Waals surface area contributed by atoms with Crippen molar-refractivity contribution in [1.29, 1.82) is 0 Å². The van der Waals surface area contributed by atoms with E-state index in [9.17, 15) is 14.7 Å². The molecule has 20 heavy (non-hydrogen) atoms. The average molecular weight is 277 g/mol. The number of aliphatic hydroxyl groups is 1. The number of rotatable bonds is 3. The van der Waals surface area contributed by atoms with E-state index in [4.69, 9.17) is 0 Å². The van der Waals surface area contributed by atoms with E-state index in [-0.39, 0.29) is 30.3 Å². The van der Waals surface area contributed by atoms with Crippen LogP contribution in [-0.2, 0) is 4.79 Å². The topological polar surface area (TPSA) is 82.5 Å². The van der Waals surface area contributed by atoms with Crippen LogP contribution in [0.3, 0.4) is 0 Å². The van der Waals surface area contributed by atoms with Gasteiger partial charge in [-0.1, -0.05) is 0 Å². The highest BCUT2D eigenvalue weighted by Crippen LogP contribution is 2.24. The van der Waals surface area contributed by atoms with Gasteiger partial charge in [0.2, 0.25) is 5.91 Å². The van der Waals surface area contributed by atoms with Crippen LogP contribution in [0, 0.1) is 18.8 Å². The van der Waals surface area contributed by atoms with Gasteiger partial charge in [0, 0.05) is 44.6 Å². The summed E-state index contributed by atoms with van der Waals surface area (Å²) in [6.45, 7) is 2.47. The first-order valence-corrected chi connectivity index (χ1v) is 6.61. The van der Waals surface area contributed by atoms with E-state index >= 15 is 0 Å². The summed E-state index contributed by atoms with van der Waals surface area (Å²) in [7, 11) is 1.56. The van der Waals surface area contributed by atoms with Gasteiger partial charge in [-0.3, -0.25) is 14.6 Å². The smallest absolute Gasteiger partial charge is 0.255 e. The van der Waals surface area contributed by atoms with Gasteiger partial charge in [-0.05, 0) is 19.1 Å². The zero-order valence-corrected chi connectivity index (χ0v) is 11.7. The minimum absolute atomic E-state index is 0.103. The highest BCUT2D eigenvalue weighted by Gasteiger charge is 2.38. The fourth-order valence-electron chi connectivity index (χ4n) is 2.48. The first-order chi connectivity index (χ1) is 9.56. The van der Waals surface area contributed by atoms with Crippen LogP contribution in [0.5, 0.6) is 0 Å². The number of likely N-dealkylation sites (tertiary alicyclic amines) is 1. The summed E-state index contributed by atoms with van der Waals surface area (Å²) in [6, 6.07) is 3.51. The molecule has 1 aliphatic rings. The molecule has 2 N–H and O–H groups in total. The maximum absolute atomic E-state index is 12.3.